The lowest BCUT2D eigenvalue weighted by Gasteiger charge is -2.11. The molecule has 0 aliphatic rings. The van der Waals surface area contributed by atoms with Gasteiger partial charge in [-0.05, 0) is 26.2 Å². The van der Waals surface area contributed by atoms with Crippen molar-refractivity contribution >= 4 is 0 Å². The summed E-state index contributed by atoms with van der Waals surface area (Å²) >= 11 is 0. The van der Waals surface area contributed by atoms with E-state index in [1.165, 1.54) is 5.57 Å². The molecule has 66 valence electrons. The number of aliphatic hydroxyl groups excluding tert-OH is 1. The molecule has 0 heterocycles. The average Bonchev–Trinajstić information content (AvgIpc) is 1.85. The topological polar surface area (TPSA) is 20.2 Å². The van der Waals surface area contributed by atoms with Crippen LogP contribution in [-0.4, -0.2) is 11.2 Å². The molecule has 0 aliphatic carbocycles. The Morgan fingerprint density at radius 3 is 2.36 bits per heavy atom. The van der Waals surface area contributed by atoms with E-state index < -0.39 is 0 Å². The fourth-order valence-electron chi connectivity index (χ4n) is 1.03. The third kappa shape index (κ3) is 6.11. The lowest BCUT2D eigenvalue weighted by Crippen LogP contribution is -2.08. The minimum absolute atomic E-state index is 0.241. The summed E-state index contributed by atoms with van der Waals surface area (Å²) in [6, 6.07) is 0. The predicted molar refractivity (Wildman–Crippen MR) is 49.5 cm³/mol. The zero-order valence-corrected chi connectivity index (χ0v) is 8.09. The summed E-state index contributed by atoms with van der Waals surface area (Å²) in [6.45, 7) is 8.35. The molecule has 1 heteroatoms. The van der Waals surface area contributed by atoms with Crippen LogP contribution < -0.4 is 0 Å². The van der Waals surface area contributed by atoms with Gasteiger partial charge in [0.1, 0.15) is 0 Å². The Morgan fingerprint density at radius 2 is 2.00 bits per heavy atom. The van der Waals surface area contributed by atoms with Crippen molar-refractivity contribution in [3.05, 3.63) is 11.6 Å². The van der Waals surface area contributed by atoms with E-state index in [2.05, 4.69) is 13.8 Å². The number of hydrogen-bond acceptors (Lipinski definition) is 1. The third-order valence-corrected chi connectivity index (χ3v) is 1.87. The average molecular weight is 156 g/mol. The van der Waals surface area contributed by atoms with E-state index in [0.717, 1.165) is 12.8 Å². The summed E-state index contributed by atoms with van der Waals surface area (Å²) in [5, 5.41) is 9.44. The molecule has 0 radical (unpaired) electrons. The smallest absolute Gasteiger partial charge is 0.0725 e. The van der Waals surface area contributed by atoms with E-state index in [-0.39, 0.29) is 6.10 Å². The lowest BCUT2D eigenvalue weighted by atomic mass is 10.0. The van der Waals surface area contributed by atoms with Crippen molar-refractivity contribution in [3.63, 3.8) is 0 Å². The van der Waals surface area contributed by atoms with Gasteiger partial charge in [0, 0.05) is 0 Å². The molecule has 0 saturated heterocycles. The number of hydrogen-bond donors (Lipinski definition) is 1. The quantitative estimate of drug-likeness (QED) is 0.620. The first-order chi connectivity index (χ1) is 5.06. The second kappa shape index (κ2) is 5.36. The molecule has 0 aromatic carbocycles. The molecule has 0 fully saturated rings. The summed E-state index contributed by atoms with van der Waals surface area (Å²) < 4.78 is 0. The molecule has 0 aliphatic heterocycles. The molecule has 2 unspecified atom stereocenters. The van der Waals surface area contributed by atoms with E-state index in [9.17, 15) is 5.11 Å². The van der Waals surface area contributed by atoms with Crippen LogP contribution in [0.15, 0.2) is 11.6 Å². The summed E-state index contributed by atoms with van der Waals surface area (Å²) in [5.41, 5.74) is 1.20. The third-order valence-electron chi connectivity index (χ3n) is 1.87. The Hall–Kier alpha value is -0.300. The monoisotopic (exact) mass is 156 g/mol. The van der Waals surface area contributed by atoms with Crippen LogP contribution >= 0.6 is 0 Å². The largest absolute Gasteiger partial charge is 0.389 e. The summed E-state index contributed by atoms with van der Waals surface area (Å²) in [4.78, 5) is 0. The van der Waals surface area contributed by atoms with Crippen LogP contribution in [0.4, 0.5) is 0 Å². The second-order valence-electron chi connectivity index (χ2n) is 3.56. The van der Waals surface area contributed by atoms with E-state index in [4.69, 9.17) is 0 Å². The van der Waals surface area contributed by atoms with Crippen LogP contribution in [0.3, 0.4) is 0 Å². The Balaban J connectivity index is 3.69. The van der Waals surface area contributed by atoms with Crippen LogP contribution in [0.25, 0.3) is 0 Å². The molecule has 2 atom stereocenters. The molecular weight excluding hydrogens is 136 g/mol. The van der Waals surface area contributed by atoms with Crippen molar-refractivity contribution in [2.24, 2.45) is 5.92 Å². The molecule has 0 rings (SSSR count). The SMILES string of the molecule is CCC(C)CC(O)C=C(C)C. The van der Waals surface area contributed by atoms with Crippen LogP contribution in [0.2, 0.25) is 0 Å². The molecule has 1 N–H and O–H groups in total. The van der Waals surface area contributed by atoms with Crippen LogP contribution in [0.1, 0.15) is 40.5 Å². The zero-order chi connectivity index (χ0) is 8.85. The van der Waals surface area contributed by atoms with Gasteiger partial charge in [0.25, 0.3) is 0 Å². The predicted octanol–water partition coefficient (Wildman–Crippen LogP) is 2.75. The maximum atomic E-state index is 9.44. The van der Waals surface area contributed by atoms with E-state index in [0.29, 0.717) is 5.92 Å². The van der Waals surface area contributed by atoms with Crippen molar-refractivity contribution in [2.75, 3.05) is 0 Å². The van der Waals surface area contributed by atoms with Gasteiger partial charge in [0.2, 0.25) is 0 Å². The van der Waals surface area contributed by atoms with Crippen LogP contribution in [0, 0.1) is 5.92 Å². The zero-order valence-electron chi connectivity index (χ0n) is 8.09. The minimum Gasteiger partial charge on any atom is -0.389 e. The van der Waals surface area contributed by atoms with E-state index >= 15 is 0 Å². The molecule has 1 nitrogen and oxygen atoms in total. The van der Waals surface area contributed by atoms with Gasteiger partial charge in [-0.1, -0.05) is 31.9 Å². The van der Waals surface area contributed by atoms with Crippen molar-refractivity contribution < 1.29 is 5.11 Å². The molecule has 0 aromatic rings. The highest BCUT2D eigenvalue weighted by Crippen LogP contribution is 2.11. The highest BCUT2D eigenvalue weighted by atomic mass is 16.3. The lowest BCUT2D eigenvalue weighted by molar-refractivity contribution is 0.189. The van der Waals surface area contributed by atoms with E-state index in [1.54, 1.807) is 0 Å². The second-order valence-corrected chi connectivity index (χ2v) is 3.56. The van der Waals surface area contributed by atoms with Crippen molar-refractivity contribution in [3.8, 4) is 0 Å². The summed E-state index contributed by atoms with van der Waals surface area (Å²) in [5.74, 6) is 0.626. The van der Waals surface area contributed by atoms with Gasteiger partial charge >= 0.3 is 0 Å². The molecule has 0 bridgehead atoms. The number of aliphatic hydroxyl groups is 1. The van der Waals surface area contributed by atoms with Gasteiger partial charge in [0.15, 0.2) is 0 Å². The number of allylic oxidation sites excluding steroid dienone is 1. The Morgan fingerprint density at radius 1 is 1.45 bits per heavy atom. The number of rotatable bonds is 4. The Labute approximate surface area is 70.1 Å². The highest BCUT2D eigenvalue weighted by Gasteiger charge is 2.04. The summed E-state index contributed by atoms with van der Waals surface area (Å²) in [7, 11) is 0. The first kappa shape index (κ1) is 10.7. The van der Waals surface area contributed by atoms with Gasteiger partial charge in [-0.15, -0.1) is 0 Å². The van der Waals surface area contributed by atoms with Crippen molar-refractivity contribution in [1.29, 1.82) is 0 Å². The van der Waals surface area contributed by atoms with Crippen molar-refractivity contribution in [1.82, 2.24) is 0 Å². The first-order valence-electron chi connectivity index (χ1n) is 4.39. The molecule has 0 amide bonds. The maximum Gasteiger partial charge on any atom is 0.0725 e. The Kier molecular flexibility index (Phi) is 5.22. The molecule has 0 saturated carbocycles. The van der Waals surface area contributed by atoms with E-state index in [1.807, 2.05) is 19.9 Å². The van der Waals surface area contributed by atoms with Crippen LogP contribution in [-0.2, 0) is 0 Å². The molecule has 11 heavy (non-hydrogen) atoms. The fraction of sp³-hybridized carbons (Fsp3) is 0.800. The molecular formula is C10H20O. The maximum absolute atomic E-state index is 9.44. The van der Waals surface area contributed by atoms with Gasteiger partial charge in [0.05, 0.1) is 6.10 Å². The minimum atomic E-state index is -0.241. The fourth-order valence-corrected chi connectivity index (χ4v) is 1.03. The highest BCUT2D eigenvalue weighted by molar-refractivity contribution is 4.97. The first-order valence-corrected chi connectivity index (χ1v) is 4.39. The van der Waals surface area contributed by atoms with Crippen LogP contribution in [0.5, 0.6) is 0 Å². The van der Waals surface area contributed by atoms with Gasteiger partial charge in [-0.25, -0.2) is 0 Å². The Bertz CT molecular complexity index is 123. The molecule has 0 aromatic heterocycles. The van der Waals surface area contributed by atoms with Gasteiger partial charge in [-0.3, -0.25) is 0 Å². The normalized spacial score (nSPS) is 15.7. The van der Waals surface area contributed by atoms with Gasteiger partial charge in [-0.2, -0.15) is 0 Å². The standard InChI is InChI=1S/C10H20O/c1-5-9(4)7-10(11)6-8(2)3/h6,9-11H,5,7H2,1-4H3. The molecule has 0 spiro atoms. The summed E-state index contributed by atoms with van der Waals surface area (Å²) in [6.07, 6.45) is 3.72. The van der Waals surface area contributed by atoms with Crippen molar-refractivity contribution in [2.45, 2.75) is 46.6 Å². The van der Waals surface area contributed by atoms with Gasteiger partial charge < -0.3 is 5.11 Å².